The molecule has 0 aromatic rings. The minimum absolute atomic E-state index is 0.644. The molecule has 0 saturated heterocycles. The summed E-state index contributed by atoms with van der Waals surface area (Å²) in [6.45, 7) is 13.5. The van der Waals surface area contributed by atoms with Gasteiger partial charge in [-0.05, 0) is 58.0 Å². The SMILES string of the molecule is COCCN(C(C)CCNCC(C)C)C(C)C1CC1. The van der Waals surface area contributed by atoms with Crippen LogP contribution in [-0.4, -0.2) is 50.3 Å². The maximum absolute atomic E-state index is 5.27. The van der Waals surface area contributed by atoms with Crippen molar-refractivity contribution in [2.45, 2.75) is 59.0 Å². The van der Waals surface area contributed by atoms with Crippen LogP contribution in [0.15, 0.2) is 0 Å². The molecule has 0 aromatic heterocycles. The van der Waals surface area contributed by atoms with Crippen molar-refractivity contribution >= 4 is 0 Å². The first-order valence-electron chi connectivity index (χ1n) is 8.01. The van der Waals surface area contributed by atoms with Crippen molar-refractivity contribution in [3.8, 4) is 0 Å². The van der Waals surface area contributed by atoms with E-state index in [9.17, 15) is 0 Å². The fourth-order valence-corrected chi connectivity index (χ4v) is 2.74. The van der Waals surface area contributed by atoms with Gasteiger partial charge in [0.05, 0.1) is 6.61 Å². The normalized spacial score (nSPS) is 19.1. The lowest BCUT2D eigenvalue weighted by Gasteiger charge is -2.35. The molecular formula is C16H34N2O. The second kappa shape index (κ2) is 8.93. The second-order valence-electron chi connectivity index (χ2n) is 6.54. The molecule has 1 saturated carbocycles. The molecule has 1 fully saturated rings. The Bertz CT molecular complexity index is 229. The highest BCUT2D eigenvalue weighted by atomic mass is 16.5. The van der Waals surface area contributed by atoms with Gasteiger partial charge in [-0.15, -0.1) is 0 Å². The van der Waals surface area contributed by atoms with Gasteiger partial charge in [0.2, 0.25) is 0 Å². The molecular weight excluding hydrogens is 236 g/mol. The topological polar surface area (TPSA) is 24.5 Å². The minimum atomic E-state index is 0.644. The summed E-state index contributed by atoms with van der Waals surface area (Å²) in [5, 5.41) is 3.55. The number of methoxy groups -OCH3 is 1. The molecule has 0 aliphatic heterocycles. The molecule has 1 aliphatic carbocycles. The van der Waals surface area contributed by atoms with Gasteiger partial charge in [-0.3, -0.25) is 4.90 Å². The van der Waals surface area contributed by atoms with E-state index in [4.69, 9.17) is 4.74 Å². The van der Waals surface area contributed by atoms with E-state index in [1.54, 1.807) is 7.11 Å². The lowest BCUT2D eigenvalue weighted by molar-refractivity contribution is 0.0839. The quantitative estimate of drug-likeness (QED) is 0.584. The summed E-state index contributed by atoms with van der Waals surface area (Å²) >= 11 is 0. The highest BCUT2D eigenvalue weighted by molar-refractivity contribution is 4.87. The predicted octanol–water partition coefficient (Wildman–Crippen LogP) is 2.76. The van der Waals surface area contributed by atoms with Crippen LogP contribution in [0.1, 0.15) is 47.0 Å². The van der Waals surface area contributed by atoms with Gasteiger partial charge in [-0.2, -0.15) is 0 Å². The Morgan fingerprint density at radius 2 is 1.89 bits per heavy atom. The van der Waals surface area contributed by atoms with Crippen molar-refractivity contribution < 1.29 is 4.74 Å². The van der Waals surface area contributed by atoms with Gasteiger partial charge >= 0.3 is 0 Å². The van der Waals surface area contributed by atoms with Crippen molar-refractivity contribution in [2.24, 2.45) is 11.8 Å². The summed E-state index contributed by atoms with van der Waals surface area (Å²) in [6, 6.07) is 1.36. The van der Waals surface area contributed by atoms with E-state index in [0.29, 0.717) is 6.04 Å². The van der Waals surface area contributed by atoms with Gasteiger partial charge < -0.3 is 10.1 Å². The Morgan fingerprint density at radius 1 is 1.21 bits per heavy atom. The zero-order valence-electron chi connectivity index (χ0n) is 13.6. The van der Waals surface area contributed by atoms with Crippen LogP contribution in [-0.2, 0) is 4.74 Å². The average molecular weight is 270 g/mol. The van der Waals surface area contributed by atoms with E-state index in [-0.39, 0.29) is 0 Å². The fraction of sp³-hybridized carbons (Fsp3) is 1.00. The largest absolute Gasteiger partial charge is 0.383 e. The molecule has 0 bridgehead atoms. The Morgan fingerprint density at radius 3 is 2.42 bits per heavy atom. The molecule has 0 radical (unpaired) electrons. The van der Waals surface area contributed by atoms with Crippen LogP contribution in [0.5, 0.6) is 0 Å². The van der Waals surface area contributed by atoms with Crippen molar-refractivity contribution in [2.75, 3.05) is 33.4 Å². The van der Waals surface area contributed by atoms with E-state index in [1.165, 1.54) is 19.3 Å². The van der Waals surface area contributed by atoms with Crippen molar-refractivity contribution in [3.63, 3.8) is 0 Å². The lowest BCUT2D eigenvalue weighted by atomic mass is 10.1. The first kappa shape index (κ1) is 16.9. The van der Waals surface area contributed by atoms with Gasteiger partial charge in [-0.1, -0.05) is 13.8 Å². The second-order valence-corrected chi connectivity index (χ2v) is 6.54. The van der Waals surface area contributed by atoms with Crippen LogP contribution < -0.4 is 5.32 Å². The maximum atomic E-state index is 5.27. The van der Waals surface area contributed by atoms with Crippen LogP contribution in [0.25, 0.3) is 0 Å². The van der Waals surface area contributed by atoms with Gasteiger partial charge in [0, 0.05) is 25.7 Å². The number of rotatable bonds is 11. The number of ether oxygens (including phenoxy) is 1. The highest BCUT2D eigenvalue weighted by Gasteiger charge is 2.33. The van der Waals surface area contributed by atoms with Crippen LogP contribution in [0.2, 0.25) is 0 Å². The lowest BCUT2D eigenvalue weighted by Crippen LogP contribution is -2.44. The molecule has 1 rings (SSSR count). The number of nitrogens with zero attached hydrogens (tertiary/aromatic N) is 1. The van der Waals surface area contributed by atoms with Crippen molar-refractivity contribution in [1.29, 1.82) is 0 Å². The molecule has 2 unspecified atom stereocenters. The van der Waals surface area contributed by atoms with E-state index in [1.807, 2.05) is 0 Å². The van der Waals surface area contributed by atoms with E-state index >= 15 is 0 Å². The summed E-state index contributed by atoms with van der Waals surface area (Å²) in [5.74, 6) is 1.67. The summed E-state index contributed by atoms with van der Waals surface area (Å²) in [7, 11) is 1.80. The van der Waals surface area contributed by atoms with Gasteiger partial charge in [0.15, 0.2) is 0 Å². The molecule has 2 atom stereocenters. The smallest absolute Gasteiger partial charge is 0.0589 e. The average Bonchev–Trinajstić information content (AvgIpc) is 3.18. The Hall–Kier alpha value is -0.120. The summed E-state index contributed by atoms with van der Waals surface area (Å²) < 4.78 is 5.27. The Balaban J connectivity index is 2.30. The third-order valence-corrected chi connectivity index (χ3v) is 4.24. The van der Waals surface area contributed by atoms with Crippen LogP contribution >= 0.6 is 0 Å². The molecule has 0 heterocycles. The summed E-state index contributed by atoms with van der Waals surface area (Å²) in [5.41, 5.74) is 0. The first-order chi connectivity index (χ1) is 9.06. The van der Waals surface area contributed by atoms with E-state index in [0.717, 1.165) is 44.1 Å². The number of hydrogen-bond donors (Lipinski definition) is 1. The zero-order chi connectivity index (χ0) is 14.3. The van der Waals surface area contributed by atoms with Gasteiger partial charge in [0.1, 0.15) is 0 Å². The first-order valence-corrected chi connectivity index (χ1v) is 8.01. The summed E-state index contributed by atoms with van der Waals surface area (Å²) in [6.07, 6.45) is 4.07. The third-order valence-electron chi connectivity index (χ3n) is 4.24. The molecule has 114 valence electrons. The van der Waals surface area contributed by atoms with Crippen molar-refractivity contribution in [1.82, 2.24) is 10.2 Å². The predicted molar refractivity (Wildman–Crippen MR) is 82.6 cm³/mol. The standard InChI is InChI=1S/C16H34N2O/c1-13(2)12-17-9-8-14(3)18(10-11-19-5)15(4)16-6-7-16/h13-17H,6-12H2,1-5H3. The Labute approximate surface area is 120 Å². The van der Waals surface area contributed by atoms with Gasteiger partial charge in [0.25, 0.3) is 0 Å². The van der Waals surface area contributed by atoms with Crippen molar-refractivity contribution in [3.05, 3.63) is 0 Å². The monoisotopic (exact) mass is 270 g/mol. The molecule has 3 nitrogen and oxygen atoms in total. The van der Waals surface area contributed by atoms with Crippen LogP contribution in [0.3, 0.4) is 0 Å². The fourth-order valence-electron chi connectivity index (χ4n) is 2.74. The molecule has 0 aromatic carbocycles. The van der Waals surface area contributed by atoms with E-state index < -0.39 is 0 Å². The maximum Gasteiger partial charge on any atom is 0.0589 e. The molecule has 19 heavy (non-hydrogen) atoms. The highest BCUT2D eigenvalue weighted by Crippen LogP contribution is 2.35. The Kier molecular flexibility index (Phi) is 7.96. The molecule has 1 aliphatic rings. The van der Waals surface area contributed by atoms with Gasteiger partial charge in [-0.25, -0.2) is 0 Å². The van der Waals surface area contributed by atoms with Crippen LogP contribution in [0, 0.1) is 11.8 Å². The molecule has 3 heteroatoms. The number of hydrogen-bond acceptors (Lipinski definition) is 3. The minimum Gasteiger partial charge on any atom is -0.383 e. The third kappa shape index (κ3) is 6.73. The number of nitrogens with one attached hydrogen (secondary N) is 1. The zero-order valence-corrected chi connectivity index (χ0v) is 13.6. The summed E-state index contributed by atoms with van der Waals surface area (Å²) in [4.78, 5) is 2.65. The van der Waals surface area contributed by atoms with E-state index in [2.05, 4.69) is 37.9 Å². The molecule has 0 amide bonds. The molecule has 1 N–H and O–H groups in total. The van der Waals surface area contributed by atoms with Crippen LogP contribution in [0.4, 0.5) is 0 Å². The molecule has 0 spiro atoms.